The summed E-state index contributed by atoms with van der Waals surface area (Å²) in [4.78, 5) is 0. The van der Waals surface area contributed by atoms with Gasteiger partial charge >= 0.3 is 131 Å². The van der Waals surface area contributed by atoms with Crippen LogP contribution in [0, 0.1) is 0 Å². The molecule has 3 nitrogen and oxygen atoms in total. The van der Waals surface area contributed by atoms with E-state index in [4.69, 9.17) is 4.74 Å². The second-order valence-electron chi connectivity index (χ2n) is 4.15. The molecule has 0 spiro atoms. The molecular weight excluding hydrogens is 383 g/mol. The van der Waals surface area contributed by atoms with Gasteiger partial charge in [0, 0.05) is 0 Å². The van der Waals surface area contributed by atoms with E-state index in [1.807, 2.05) is 36.4 Å². The molecule has 0 amide bonds. The van der Waals surface area contributed by atoms with Gasteiger partial charge in [0.2, 0.25) is 0 Å². The number of rotatable bonds is 3. The Hall–Kier alpha value is -1.42. The van der Waals surface area contributed by atoms with Gasteiger partial charge in [0.25, 0.3) is 0 Å². The number of aromatic nitrogens is 2. The van der Waals surface area contributed by atoms with Crippen LogP contribution in [0.3, 0.4) is 0 Å². The third-order valence-corrected chi connectivity index (χ3v) is 5.52. The Balaban J connectivity index is 1.91. The van der Waals surface area contributed by atoms with Gasteiger partial charge in [-0.25, -0.2) is 0 Å². The fraction of sp³-hybridized carbons (Fsp3) is 0.0667. The molecule has 0 saturated heterocycles. The van der Waals surface area contributed by atoms with Crippen LogP contribution in [0.4, 0.5) is 0 Å². The average Bonchev–Trinajstić information content (AvgIpc) is 2.98. The van der Waals surface area contributed by atoms with Crippen molar-refractivity contribution in [3.05, 3.63) is 53.0 Å². The van der Waals surface area contributed by atoms with Gasteiger partial charge in [-0.15, -0.1) is 0 Å². The van der Waals surface area contributed by atoms with Crippen LogP contribution in [0.2, 0.25) is 0 Å². The summed E-state index contributed by atoms with van der Waals surface area (Å²) in [6.07, 6.45) is 0. The van der Waals surface area contributed by atoms with E-state index in [1.165, 1.54) is 0 Å². The molecule has 1 heterocycles. The van der Waals surface area contributed by atoms with Gasteiger partial charge in [0.15, 0.2) is 0 Å². The Labute approximate surface area is 131 Å². The van der Waals surface area contributed by atoms with Gasteiger partial charge in [0.1, 0.15) is 0 Å². The third kappa shape index (κ3) is 2.85. The van der Waals surface area contributed by atoms with Gasteiger partial charge in [-0.2, -0.15) is 0 Å². The van der Waals surface area contributed by atoms with Crippen LogP contribution >= 0.6 is 15.9 Å². The van der Waals surface area contributed by atoms with Gasteiger partial charge in [-0.3, -0.25) is 0 Å². The maximum absolute atomic E-state index is 5.17. The van der Waals surface area contributed by atoms with Crippen molar-refractivity contribution in [2.75, 3.05) is 7.11 Å². The summed E-state index contributed by atoms with van der Waals surface area (Å²) in [5.41, 5.74) is 2.25. The first-order valence-corrected chi connectivity index (χ1v) is 8.51. The molecule has 0 bridgehead atoms. The molecule has 0 N–H and O–H groups in total. The molecule has 0 aliphatic rings. The van der Waals surface area contributed by atoms with Crippen molar-refractivity contribution in [1.82, 2.24) is 10.2 Å². The third-order valence-electron chi connectivity index (χ3n) is 2.85. The van der Waals surface area contributed by atoms with Crippen molar-refractivity contribution >= 4 is 30.4 Å². The van der Waals surface area contributed by atoms with Gasteiger partial charge < -0.3 is 0 Å². The van der Waals surface area contributed by atoms with Crippen LogP contribution in [-0.4, -0.2) is 31.8 Å². The fourth-order valence-corrected chi connectivity index (χ4v) is 3.84. The second-order valence-corrected chi connectivity index (χ2v) is 7.11. The first-order chi connectivity index (χ1) is 9.76. The fourth-order valence-electron chi connectivity index (χ4n) is 1.78. The summed E-state index contributed by atoms with van der Waals surface area (Å²) in [5.74, 6) is 0.855. The predicted molar refractivity (Wildman–Crippen MR) is 84.1 cm³/mol. The summed E-state index contributed by atoms with van der Waals surface area (Å²) >= 11 is 3.58. The Morgan fingerprint density at radius 3 is 1.85 bits per heavy atom. The summed E-state index contributed by atoms with van der Waals surface area (Å²) in [7, 11) is 1.67. The molecule has 2 aromatic carbocycles. The number of nitrogens with zero attached hydrogens (tertiary/aromatic N) is 2. The van der Waals surface area contributed by atoms with E-state index in [9.17, 15) is 0 Å². The zero-order valence-corrected chi connectivity index (χ0v) is 14.0. The second kappa shape index (κ2) is 5.92. The van der Waals surface area contributed by atoms with Gasteiger partial charge in [-0.05, 0) is 0 Å². The number of benzene rings is 2. The zero-order valence-electron chi connectivity index (χ0n) is 10.7. The van der Waals surface area contributed by atoms with Crippen molar-refractivity contribution in [1.29, 1.82) is 0 Å². The van der Waals surface area contributed by atoms with Gasteiger partial charge in [0.05, 0.1) is 0 Å². The Morgan fingerprint density at radius 1 is 0.850 bits per heavy atom. The van der Waals surface area contributed by atoms with Crippen molar-refractivity contribution in [2.24, 2.45) is 0 Å². The molecular formula is C15H11BrN2OSe. The van der Waals surface area contributed by atoms with Crippen LogP contribution in [0.1, 0.15) is 0 Å². The van der Waals surface area contributed by atoms with Crippen molar-refractivity contribution in [2.45, 2.75) is 0 Å². The molecule has 0 saturated carbocycles. The Bertz CT molecular complexity index is 707. The average molecular weight is 394 g/mol. The number of methoxy groups -OCH3 is 1. The minimum atomic E-state index is 0.141. The molecule has 5 heteroatoms. The molecule has 20 heavy (non-hydrogen) atoms. The molecule has 100 valence electrons. The molecule has 0 radical (unpaired) electrons. The molecule has 3 rings (SSSR count). The van der Waals surface area contributed by atoms with Crippen molar-refractivity contribution in [3.8, 4) is 26.0 Å². The van der Waals surface area contributed by atoms with Crippen LogP contribution in [0.25, 0.3) is 20.3 Å². The maximum atomic E-state index is 5.17. The zero-order chi connectivity index (χ0) is 13.9. The SMILES string of the molecule is COc1ccc(-c2nnc(-c3ccc(Br)cc3)[se]2)cc1. The van der Waals surface area contributed by atoms with Crippen LogP contribution in [0.15, 0.2) is 53.0 Å². The molecule has 0 aliphatic heterocycles. The molecule has 0 aliphatic carbocycles. The quantitative estimate of drug-likeness (QED) is 0.637. The normalized spacial score (nSPS) is 10.5. The van der Waals surface area contributed by atoms with E-state index in [0.29, 0.717) is 0 Å². The molecule has 0 fully saturated rings. The van der Waals surface area contributed by atoms with E-state index in [2.05, 4.69) is 38.3 Å². The van der Waals surface area contributed by atoms with Crippen molar-refractivity contribution in [3.63, 3.8) is 0 Å². The number of ether oxygens (including phenoxy) is 1. The van der Waals surface area contributed by atoms with Crippen molar-refractivity contribution < 1.29 is 4.74 Å². The standard InChI is InChI=1S/C15H11BrN2OSe/c1-19-13-8-4-11(5-9-13)15-18-17-14(20-15)10-2-6-12(16)7-3-10/h2-9H,1H3. The monoisotopic (exact) mass is 394 g/mol. The molecule has 0 unspecified atom stereocenters. The summed E-state index contributed by atoms with van der Waals surface area (Å²) in [6.45, 7) is 0. The number of hydrogen-bond donors (Lipinski definition) is 0. The Morgan fingerprint density at radius 2 is 1.35 bits per heavy atom. The van der Waals surface area contributed by atoms with E-state index in [0.717, 1.165) is 30.5 Å². The summed E-state index contributed by atoms with van der Waals surface area (Å²) in [6, 6.07) is 16.1. The minimum absolute atomic E-state index is 0.141. The van der Waals surface area contributed by atoms with Gasteiger partial charge in [-0.1, -0.05) is 0 Å². The molecule has 0 atom stereocenters. The number of halogens is 1. The Kier molecular flexibility index (Phi) is 4.01. The molecule has 1 aromatic heterocycles. The summed E-state index contributed by atoms with van der Waals surface area (Å²) < 4.78 is 8.36. The first kappa shape index (κ1) is 13.6. The van der Waals surface area contributed by atoms with Crippen LogP contribution in [0.5, 0.6) is 5.75 Å². The van der Waals surface area contributed by atoms with E-state index in [1.54, 1.807) is 7.11 Å². The topological polar surface area (TPSA) is 35.0 Å². The predicted octanol–water partition coefficient (Wildman–Crippen LogP) is 3.64. The first-order valence-electron chi connectivity index (χ1n) is 6.00. The van der Waals surface area contributed by atoms with Crippen LogP contribution in [-0.2, 0) is 0 Å². The number of hydrogen-bond acceptors (Lipinski definition) is 3. The van der Waals surface area contributed by atoms with E-state index < -0.39 is 0 Å². The van der Waals surface area contributed by atoms with E-state index in [-0.39, 0.29) is 14.5 Å². The van der Waals surface area contributed by atoms with Crippen LogP contribution < -0.4 is 4.74 Å². The van der Waals surface area contributed by atoms with E-state index >= 15 is 0 Å². The molecule has 3 aromatic rings. The summed E-state index contributed by atoms with van der Waals surface area (Å²) in [5, 5.41) is 8.64.